The van der Waals surface area contributed by atoms with Crippen LogP contribution in [0.5, 0.6) is 0 Å². The highest BCUT2D eigenvalue weighted by molar-refractivity contribution is 6.31. The minimum absolute atomic E-state index is 0.287. The number of hydrogen-bond donors (Lipinski definition) is 2. The smallest absolute Gasteiger partial charge is 0.319 e. The lowest BCUT2D eigenvalue weighted by molar-refractivity contribution is 0.251. The first kappa shape index (κ1) is 14.7. The summed E-state index contributed by atoms with van der Waals surface area (Å²) >= 11 is 11.9. The van der Waals surface area contributed by atoms with Gasteiger partial charge < -0.3 is 10.6 Å². The summed E-state index contributed by atoms with van der Waals surface area (Å²) in [6.07, 6.45) is 0. The van der Waals surface area contributed by atoms with E-state index >= 15 is 0 Å². The number of urea groups is 1. The molecule has 0 aliphatic carbocycles. The predicted octanol–water partition coefficient (Wildman–Crippen LogP) is 4.62. The van der Waals surface area contributed by atoms with Gasteiger partial charge in [-0.2, -0.15) is 0 Å². The van der Waals surface area contributed by atoms with Crippen molar-refractivity contribution in [2.24, 2.45) is 0 Å². The molecule has 104 valence electrons. The van der Waals surface area contributed by atoms with Crippen molar-refractivity contribution in [3.63, 3.8) is 0 Å². The molecule has 5 heteroatoms. The van der Waals surface area contributed by atoms with Crippen molar-refractivity contribution < 1.29 is 4.79 Å². The number of rotatable bonds is 3. The van der Waals surface area contributed by atoms with E-state index in [0.29, 0.717) is 22.3 Å². The van der Waals surface area contributed by atoms with Gasteiger partial charge in [-0.3, -0.25) is 0 Å². The molecule has 2 amide bonds. The zero-order chi connectivity index (χ0) is 14.5. The molecule has 0 saturated carbocycles. The standard InChI is InChI=1S/C15H14Cl2N2O/c1-10-5-6-13(8-14(10)17)19-15(20)18-9-11-3-2-4-12(16)7-11/h2-8H,9H2,1H3,(H2,18,19,20). The van der Waals surface area contributed by atoms with Crippen LogP contribution >= 0.6 is 23.2 Å². The molecule has 20 heavy (non-hydrogen) atoms. The highest BCUT2D eigenvalue weighted by Gasteiger charge is 2.03. The number of aryl methyl sites for hydroxylation is 1. The van der Waals surface area contributed by atoms with Crippen LogP contribution in [0.4, 0.5) is 10.5 Å². The molecule has 0 bridgehead atoms. The molecule has 2 N–H and O–H groups in total. The van der Waals surface area contributed by atoms with E-state index < -0.39 is 0 Å². The zero-order valence-corrected chi connectivity index (χ0v) is 12.4. The average molecular weight is 309 g/mol. The predicted molar refractivity (Wildman–Crippen MR) is 83.5 cm³/mol. The van der Waals surface area contributed by atoms with Crippen molar-refractivity contribution >= 4 is 34.9 Å². The Kier molecular flexibility index (Phi) is 4.88. The maximum Gasteiger partial charge on any atom is 0.319 e. The molecule has 0 unspecified atom stereocenters. The Labute approximate surface area is 127 Å². The van der Waals surface area contributed by atoms with Gasteiger partial charge in [-0.05, 0) is 42.3 Å². The zero-order valence-electron chi connectivity index (χ0n) is 10.9. The normalized spacial score (nSPS) is 10.2. The lowest BCUT2D eigenvalue weighted by Gasteiger charge is -2.09. The molecule has 3 nitrogen and oxygen atoms in total. The number of amides is 2. The monoisotopic (exact) mass is 308 g/mol. The second kappa shape index (κ2) is 6.64. The maximum atomic E-state index is 11.8. The molecule has 0 saturated heterocycles. The third-order valence-corrected chi connectivity index (χ3v) is 3.41. The van der Waals surface area contributed by atoms with E-state index in [1.165, 1.54) is 0 Å². The Morgan fingerprint density at radius 1 is 1.15 bits per heavy atom. The van der Waals surface area contributed by atoms with Crippen LogP contribution in [0.2, 0.25) is 10.0 Å². The summed E-state index contributed by atoms with van der Waals surface area (Å²) < 4.78 is 0. The maximum absolute atomic E-state index is 11.8. The average Bonchev–Trinajstić information content (AvgIpc) is 2.41. The molecule has 2 aromatic rings. The van der Waals surface area contributed by atoms with Crippen LogP contribution in [0, 0.1) is 6.92 Å². The van der Waals surface area contributed by atoms with Crippen molar-refractivity contribution in [1.82, 2.24) is 5.32 Å². The summed E-state index contributed by atoms with van der Waals surface area (Å²) in [7, 11) is 0. The second-order valence-corrected chi connectivity index (χ2v) is 5.25. The van der Waals surface area contributed by atoms with Gasteiger partial charge in [0, 0.05) is 22.3 Å². The van der Waals surface area contributed by atoms with Gasteiger partial charge in [0.25, 0.3) is 0 Å². The fourth-order valence-corrected chi connectivity index (χ4v) is 2.07. The van der Waals surface area contributed by atoms with Crippen LogP contribution in [-0.2, 0) is 6.54 Å². The van der Waals surface area contributed by atoms with Crippen LogP contribution in [0.1, 0.15) is 11.1 Å². The molecule has 0 radical (unpaired) electrons. The van der Waals surface area contributed by atoms with Crippen LogP contribution in [0.15, 0.2) is 42.5 Å². The van der Waals surface area contributed by atoms with E-state index in [1.807, 2.05) is 31.2 Å². The SMILES string of the molecule is Cc1ccc(NC(=O)NCc2cccc(Cl)c2)cc1Cl. The molecular weight excluding hydrogens is 295 g/mol. The molecular formula is C15H14Cl2N2O. The van der Waals surface area contributed by atoms with Gasteiger partial charge in [0.15, 0.2) is 0 Å². The molecule has 0 spiro atoms. The summed E-state index contributed by atoms with van der Waals surface area (Å²) in [6, 6.07) is 12.4. The summed E-state index contributed by atoms with van der Waals surface area (Å²) in [6.45, 7) is 2.32. The highest BCUT2D eigenvalue weighted by atomic mass is 35.5. The first-order chi connectivity index (χ1) is 9.54. The Morgan fingerprint density at radius 3 is 2.65 bits per heavy atom. The lowest BCUT2D eigenvalue weighted by Crippen LogP contribution is -2.28. The summed E-state index contributed by atoms with van der Waals surface area (Å²) in [5, 5.41) is 6.76. The van der Waals surface area contributed by atoms with Gasteiger partial charge in [-0.25, -0.2) is 4.79 Å². The van der Waals surface area contributed by atoms with Crippen LogP contribution in [0.25, 0.3) is 0 Å². The number of carbonyl (C=O) groups excluding carboxylic acids is 1. The summed E-state index contributed by atoms with van der Waals surface area (Å²) in [4.78, 5) is 11.8. The van der Waals surface area contributed by atoms with Crippen molar-refractivity contribution in [3.8, 4) is 0 Å². The van der Waals surface area contributed by atoms with Crippen molar-refractivity contribution in [1.29, 1.82) is 0 Å². The molecule has 0 heterocycles. The van der Waals surface area contributed by atoms with E-state index in [-0.39, 0.29) is 6.03 Å². The summed E-state index contributed by atoms with van der Waals surface area (Å²) in [5.41, 5.74) is 2.57. The largest absolute Gasteiger partial charge is 0.334 e. The first-order valence-electron chi connectivity index (χ1n) is 6.10. The fraction of sp³-hybridized carbons (Fsp3) is 0.133. The van der Waals surface area contributed by atoms with Gasteiger partial charge in [0.1, 0.15) is 0 Å². The molecule has 2 aromatic carbocycles. The number of nitrogens with one attached hydrogen (secondary N) is 2. The van der Waals surface area contributed by atoms with E-state index in [1.54, 1.807) is 18.2 Å². The minimum atomic E-state index is -0.287. The van der Waals surface area contributed by atoms with Gasteiger partial charge in [0.05, 0.1) is 0 Å². The van der Waals surface area contributed by atoms with Crippen molar-refractivity contribution in [3.05, 3.63) is 63.6 Å². The molecule has 0 atom stereocenters. The highest BCUT2D eigenvalue weighted by Crippen LogP contribution is 2.19. The van der Waals surface area contributed by atoms with Gasteiger partial charge in [0.2, 0.25) is 0 Å². The number of carbonyl (C=O) groups is 1. The molecule has 0 aliphatic rings. The number of hydrogen-bond acceptors (Lipinski definition) is 1. The van der Waals surface area contributed by atoms with Gasteiger partial charge in [-0.15, -0.1) is 0 Å². The van der Waals surface area contributed by atoms with Gasteiger partial charge >= 0.3 is 6.03 Å². The van der Waals surface area contributed by atoms with Crippen LogP contribution in [0.3, 0.4) is 0 Å². The Hall–Kier alpha value is -1.71. The Balaban J connectivity index is 1.91. The summed E-state index contributed by atoms with van der Waals surface area (Å²) in [5.74, 6) is 0. The fourth-order valence-electron chi connectivity index (χ4n) is 1.68. The lowest BCUT2D eigenvalue weighted by atomic mass is 10.2. The third kappa shape index (κ3) is 4.15. The molecule has 0 fully saturated rings. The van der Waals surface area contributed by atoms with Crippen LogP contribution < -0.4 is 10.6 Å². The first-order valence-corrected chi connectivity index (χ1v) is 6.85. The van der Waals surface area contributed by atoms with E-state index in [2.05, 4.69) is 10.6 Å². The molecule has 0 aromatic heterocycles. The van der Waals surface area contributed by atoms with Crippen LogP contribution in [-0.4, -0.2) is 6.03 Å². The van der Waals surface area contributed by atoms with Crippen molar-refractivity contribution in [2.45, 2.75) is 13.5 Å². The Morgan fingerprint density at radius 2 is 1.95 bits per heavy atom. The number of anilines is 1. The number of halogens is 2. The van der Waals surface area contributed by atoms with E-state index in [9.17, 15) is 4.79 Å². The van der Waals surface area contributed by atoms with Crippen molar-refractivity contribution in [2.75, 3.05) is 5.32 Å². The quantitative estimate of drug-likeness (QED) is 0.853. The second-order valence-electron chi connectivity index (χ2n) is 4.40. The Bertz CT molecular complexity index is 629. The van der Waals surface area contributed by atoms with E-state index in [4.69, 9.17) is 23.2 Å². The topological polar surface area (TPSA) is 41.1 Å². The van der Waals surface area contributed by atoms with E-state index in [0.717, 1.165) is 11.1 Å². The number of benzene rings is 2. The third-order valence-electron chi connectivity index (χ3n) is 2.77. The minimum Gasteiger partial charge on any atom is -0.334 e. The van der Waals surface area contributed by atoms with Gasteiger partial charge in [-0.1, -0.05) is 41.4 Å². The molecule has 2 rings (SSSR count). The molecule has 0 aliphatic heterocycles.